The summed E-state index contributed by atoms with van der Waals surface area (Å²) in [6, 6.07) is 0. The van der Waals surface area contributed by atoms with Crippen molar-refractivity contribution in [2.45, 2.75) is 12.8 Å². The van der Waals surface area contributed by atoms with Crippen molar-refractivity contribution in [3.63, 3.8) is 0 Å². The topological polar surface area (TPSA) is 87.0 Å². The van der Waals surface area contributed by atoms with Gasteiger partial charge < -0.3 is 15.6 Å². The molecule has 0 spiro atoms. The Labute approximate surface area is 117 Å². The van der Waals surface area contributed by atoms with Gasteiger partial charge in [0.05, 0.1) is 6.33 Å². The predicted octanol–water partition coefficient (Wildman–Crippen LogP) is 0.467. The van der Waals surface area contributed by atoms with Gasteiger partial charge in [0.2, 0.25) is 5.95 Å². The van der Waals surface area contributed by atoms with Gasteiger partial charge in [0.1, 0.15) is 5.52 Å². The number of aromatic nitrogens is 4. The van der Waals surface area contributed by atoms with Crippen LogP contribution in [0.15, 0.2) is 6.33 Å². The number of nitrogen functional groups attached to an aromatic ring is 1. The number of rotatable bonds is 3. The van der Waals surface area contributed by atoms with Crippen LogP contribution in [0.5, 0.6) is 0 Å². The summed E-state index contributed by atoms with van der Waals surface area (Å²) < 4.78 is 0. The second kappa shape index (κ2) is 4.59. The van der Waals surface area contributed by atoms with Crippen molar-refractivity contribution < 1.29 is 0 Å². The fourth-order valence-corrected chi connectivity index (χ4v) is 2.78. The minimum absolute atomic E-state index is 0.475. The number of hydrogen-bond acceptors (Lipinski definition) is 6. The largest absolute Gasteiger partial charge is 0.382 e. The first-order valence-corrected chi connectivity index (χ1v) is 7.23. The molecule has 7 nitrogen and oxygen atoms in total. The molecule has 2 aliphatic rings. The summed E-state index contributed by atoms with van der Waals surface area (Å²) in [5.41, 5.74) is 7.32. The average molecular weight is 273 g/mol. The number of fused-ring (bicyclic) bond motifs is 1. The highest BCUT2D eigenvalue weighted by Gasteiger charge is 2.27. The lowest BCUT2D eigenvalue weighted by molar-refractivity contribution is 0.247. The Morgan fingerprint density at radius 3 is 2.75 bits per heavy atom. The first-order valence-electron chi connectivity index (χ1n) is 7.23. The fraction of sp³-hybridized carbons (Fsp3) is 0.615. The third kappa shape index (κ3) is 2.18. The van der Waals surface area contributed by atoms with Gasteiger partial charge in [-0.3, -0.25) is 4.90 Å². The lowest BCUT2D eigenvalue weighted by Crippen LogP contribution is -2.47. The van der Waals surface area contributed by atoms with Crippen molar-refractivity contribution in [3.8, 4) is 0 Å². The van der Waals surface area contributed by atoms with Crippen molar-refractivity contribution in [3.05, 3.63) is 6.33 Å². The Morgan fingerprint density at radius 1 is 1.20 bits per heavy atom. The van der Waals surface area contributed by atoms with Crippen molar-refractivity contribution in [2.24, 2.45) is 5.92 Å². The summed E-state index contributed by atoms with van der Waals surface area (Å²) in [6.45, 7) is 5.34. The number of piperazine rings is 1. The van der Waals surface area contributed by atoms with E-state index in [0.29, 0.717) is 17.4 Å². The number of anilines is 2. The van der Waals surface area contributed by atoms with E-state index in [-0.39, 0.29) is 0 Å². The summed E-state index contributed by atoms with van der Waals surface area (Å²) in [6.07, 6.45) is 4.43. The average Bonchev–Trinajstić information content (AvgIpc) is 3.14. The monoisotopic (exact) mass is 273 g/mol. The molecule has 0 atom stereocenters. The molecule has 2 aromatic heterocycles. The van der Waals surface area contributed by atoms with Gasteiger partial charge in [0.15, 0.2) is 11.5 Å². The van der Waals surface area contributed by atoms with E-state index < -0.39 is 0 Å². The van der Waals surface area contributed by atoms with Gasteiger partial charge in [-0.25, -0.2) is 4.98 Å². The van der Waals surface area contributed by atoms with Crippen LogP contribution in [0.1, 0.15) is 12.8 Å². The van der Waals surface area contributed by atoms with Crippen LogP contribution < -0.4 is 10.6 Å². The molecule has 2 aromatic rings. The summed E-state index contributed by atoms with van der Waals surface area (Å²) in [4.78, 5) is 20.8. The van der Waals surface area contributed by atoms with Gasteiger partial charge in [-0.2, -0.15) is 9.97 Å². The molecule has 3 heterocycles. The number of aromatic amines is 1. The number of nitrogens with zero attached hydrogens (tertiary/aromatic N) is 5. The first-order chi connectivity index (χ1) is 9.79. The van der Waals surface area contributed by atoms with E-state index in [1.54, 1.807) is 6.33 Å². The van der Waals surface area contributed by atoms with E-state index in [1.807, 2.05) is 0 Å². The SMILES string of the molecule is Nc1nc(N2CCN(CC3CC3)CC2)nc2nc[nH]c12. The Balaban J connectivity index is 1.49. The van der Waals surface area contributed by atoms with Gasteiger partial charge >= 0.3 is 0 Å². The zero-order valence-corrected chi connectivity index (χ0v) is 11.4. The van der Waals surface area contributed by atoms with Crippen LogP contribution in [-0.4, -0.2) is 57.6 Å². The van der Waals surface area contributed by atoms with Crippen LogP contribution in [0.4, 0.5) is 11.8 Å². The van der Waals surface area contributed by atoms with Crippen molar-refractivity contribution in [2.75, 3.05) is 43.4 Å². The molecule has 1 saturated carbocycles. The Morgan fingerprint density at radius 2 is 2.00 bits per heavy atom. The van der Waals surface area contributed by atoms with Gasteiger partial charge in [0.25, 0.3) is 0 Å². The van der Waals surface area contributed by atoms with Crippen LogP contribution in [0.25, 0.3) is 11.2 Å². The molecule has 0 amide bonds. The molecule has 0 bridgehead atoms. The van der Waals surface area contributed by atoms with E-state index in [0.717, 1.165) is 37.6 Å². The number of H-pyrrole nitrogens is 1. The normalized spacial score (nSPS) is 20.7. The molecular formula is C13H19N7. The molecule has 0 unspecified atom stereocenters. The third-order valence-electron chi connectivity index (χ3n) is 4.17. The van der Waals surface area contributed by atoms with Gasteiger partial charge in [0, 0.05) is 32.7 Å². The van der Waals surface area contributed by atoms with Crippen LogP contribution >= 0.6 is 0 Å². The maximum absolute atomic E-state index is 5.95. The third-order valence-corrected chi connectivity index (χ3v) is 4.17. The molecule has 0 aromatic carbocycles. The van der Waals surface area contributed by atoms with E-state index in [4.69, 9.17) is 5.73 Å². The molecular weight excluding hydrogens is 254 g/mol. The number of nitrogens with two attached hydrogens (primary N) is 1. The van der Waals surface area contributed by atoms with Crippen molar-refractivity contribution in [1.29, 1.82) is 0 Å². The molecule has 4 rings (SSSR count). The maximum atomic E-state index is 5.95. The second-order valence-electron chi connectivity index (χ2n) is 5.74. The highest BCUT2D eigenvalue weighted by Crippen LogP contribution is 2.30. The quantitative estimate of drug-likeness (QED) is 0.845. The molecule has 2 fully saturated rings. The smallest absolute Gasteiger partial charge is 0.229 e. The summed E-state index contributed by atoms with van der Waals surface area (Å²) in [5, 5.41) is 0. The maximum Gasteiger partial charge on any atom is 0.229 e. The molecule has 1 aliphatic carbocycles. The predicted molar refractivity (Wildman–Crippen MR) is 77.5 cm³/mol. The van der Waals surface area contributed by atoms with Crippen molar-refractivity contribution >= 4 is 22.9 Å². The summed E-state index contributed by atoms with van der Waals surface area (Å²) in [5.74, 6) is 2.13. The van der Waals surface area contributed by atoms with Crippen LogP contribution in [0.3, 0.4) is 0 Å². The number of imidazole rings is 1. The molecule has 106 valence electrons. The second-order valence-corrected chi connectivity index (χ2v) is 5.74. The molecule has 1 aliphatic heterocycles. The van der Waals surface area contributed by atoms with E-state index in [9.17, 15) is 0 Å². The first kappa shape index (κ1) is 11.9. The summed E-state index contributed by atoms with van der Waals surface area (Å²) in [7, 11) is 0. The lowest BCUT2D eigenvalue weighted by atomic mass is 10.3. The van der Waals surface area contributed by atoms with Crippen LogP contribution in [0.2, 0.25) is 0 Å². The van der Waals surface area contributed by atoms with Crippen LogP contribution in [0, 0.1) is 5.92 Å². The Kier molecular flexibility index (Phi) is 2.73. The summed E-state index contributed by atoms with van der Waals surface area (Å²) >= 11 is 0. The highest BCUT2D eigenvalue weighted by molar-refractivity contribution is 5.82. The lowest BCUT2D eigenvalue weighted by Gasteiger charge is -2.34. The highest BCUT2D eigenvalue weighted by atomic mass is 15.3. The fourth-order valence-electron chi connectivity index (χ4n) is 2.78. The molecule has 3 N–H and O–H groups in total. The zero-order valence-electron chi connectivity index (χ0n) is 11.4. The molecule has 20 heavy (non-hydrogen) atoms. The molecule has 1 saturated heterocycles. The minimum atomic E-state index is 0.475. The Bertz CT molecular complexity index is 610. The van der Waals surface area contributed by atoms with Gasteiger partial charge in [-0.05, 0) is 18.8 Å². The number of hydrogen-bond donors (Lipinski definition) is 2. The van der Waals surface area contributed by atoms with E-state index in [2.05, 4.69) is 29.7 Å². The number of nitrogens with one attached hydrogen (secondary N) is 1. The zero-order chi connectivity index (χ0) is 13.5. The van der Waals surface area contributed by atoms with E-state index >= 15 is 0 Å². The van der Waals surface area contributed by atoms with Gasteiger partial charge in [-0.15, -0.1) is 0 Å². The Hall–Kier alpha value is -1.89. The van der Waals surface area contributed by atoms with Crippen LogP contribution in [-0.2, 0) is 0 Å². The molecule has 7 heteroatoms. The molecule has 0 radical (unpaired) electrons. The van der Waals surface area contributed by atoms with E-state index in [1.165, 1.54) is 19.4 Å². The van der Waals surface area contributed by atoms with Gasteiger partial charge in [-0.1, -0.05) is 0 Å². The minimum Gasteiger partial charge on any atom is -0.382 e. The van der Waals surface area contributed by atoms with Crippen molar-refractivity contribution in [1.82, 2.24) is 24.8 Å². The standard InChI is InChI=1S/C13H19N7/c14-11-10-12(16-8-15-10)18-13(17-11)20-5-3-19(4-6-20)7-9-1-2-9/h8-9H,1-7H2,(H3,14,15,16,17,18).